The average Bonchev–Trinajstić information content (AvgIpc) is 2.67. The highest BCUT2D eigenvalue weighted by Gasteiger charge is 2.52. The molecule has 0 aromatic heterocycles. The van der Waals surface area contributed by atoms with Gasteiger partial charge in [0.1, 0.15) is 13.2 Å². The van der Waals surface area contributed by atoms with Crippen LogP contribution in [0.15, 0.2) is 24.3 Å². The van der Waals surface area contributed by atoms with E-state index in [1.165, 1.54) is 28.8 Å². The molecule has 0 N–H and O–H groups in total. The van der Waals surface area contributed by atoms with Gasteiger partial charge in [0.25, 0.3) is 5.69 Å². The number of hydrogen-bond acceptors (Lipinski definition) is 7. The third kappa shape index (κ3) is 5.87. The van der Waals surface area contributed by atoms with E-state index in [1.54, 1.807) is 12.1 Å². The van der Waals surface area contributed by atoms with E-state index < -0.39 is 19.2 Å². The van der Waals surface area contributed by atoms with E-state index in [1.807, 2.05) is 13.2 Å². The smallest absolute Gasteiger partial charge is 0.326 e. The predicted molar refractivity (Wildman–Crippen MR) is 123 cm³/mol. The van der Waals surface area contributed by atoms with Crippen molar-refractivity contribution in [3.05, 3.63) is 39.9 Å². The van der Waals surface area contributed by atoms with Crippen molar-refractivity contribution in [2.24, 2.45) is 5.92 Å². The highest BCUT2D eigenvalue weighted by atomic mass is 32.2. The molecule has 1 saturated heterocycles. The number of ether oxygens (including phenoxy) is 1. The molecule has 0 aliphatic carbocycles. The molecule has 10 heteroatoms. The van der Waals surface area contributed by atoms with Gasteiger partial charge < -0.3 is 14.1 Å². The van der Waals surface area contributed by atoms with E-state index in [9.17, 15) is 19.7 Å². The Hall–Kier alpha value is -1.91. The number of non-ortho nitro benzene ring substituents is 1. The second kappa shape index (κ2) is 9.70. The molecule has 0 radical (unpaired) electrons. The van der Waals surface area contributed by atoms with Gasteiger partial charge in [0.05, 0.1) is 22.3 Å². The van der Waals surface area contributed by atoms with E-state index in [2.05, 4.69) is 33.9 Å². The van der Waals surface area contributed by atoms with Gasteiger partial charge in [-0.2, -0.15) is 0 Å². The van der Waals surface area contributed by atoms with Crippen molar-refractivity contribution >= 4 is 37.6 Å². The van der Waals surface area contributed by atoms with Crippen molar-refractivity contribution in [1.82, 2.24) is 4.90 Å². The van der Waals surface area contributed by atoms with Crippen molar-refractivity contribution in [1.29, 1.82) is 0 Å². The number of nitro benzene ring substituents is 1. The number of likely N-dealkylation sites (tertiary alicyclic amines) is 1. The third-order valence-electron chi connectivity index (χ3n) is 6.06. The summed E-state index contributed by atoms with van der Waals surface area (Å²) < 4.78 is 11.7. The first kappa shape index (κ1) is 25.3. The Morgan fingerprint density at radius 3 is 2.35 bits per heavy atom. The van der Waals surface area contributed by atoms with E-state index >= 15 is 0 Å². The summed E-state index contributed by atoms with van der Waals surface area (Å²) in [4.78, 5) is 36.8. The normalized spacial score (nSPS) is 20.2. The molecule has 1 aliphatic heterocycles. The topological polar surface area (TPSA) is 99.0 Å². The van der Waals surface area contributed by atoms with Crippen molar-refractivity contribution in [3.63, 3.8) is 0 Å². The molecule has 1 aromatic rings. The number of β-lactam (4-membered cyclic amide) rings is 1. The zero-order chi connectivity index (χ0) is 23.6. The van der Waals surface area contributed by atoms with Gasteiger partial charge in [-0.1, -0.05) is 20.8 Å². The summed E-state index contributed by atoms with van der Waals surface area (Å²) in [5.41, 5.74) is 0.619. The molecule has 8 nitrogen and oxygen atoms in total. The largest absolute Gasteiger partial charge is 0.459 e. The van der Waals surface area contributed by atoms with Crippen LogP contribution in [0.5, 0.6) is 0 Å². The van der Waals surface area contributed by atoms with Crippen molar-refractivity contribution in [2.45, 2.75) is 63.9 Å². The van der Waals surface area contributed by atoms with Crippen LogP contribution < -0.4 is 0 Å². The Kier molecular flexibility index (Phi) is 7.93. The number of carbonyl (C=O) groups is 2. The van der Waals surface area contributed by atoms with Crippen LogP contribution in [0.1, 0.15) is 33.3 Å². The molecule has 3 atom stereocenters. The van der Waals surface area contributed by atoms with Gasteiger partial charge in [0, 0.05) is 12.1 Å². The average molecular weight is 469 g/mol. The first-order chi connectivity index (χ1) is 14.3. The molecule has 1 aliphatic rings. The molecule has 1 heterocycles. The van der Waals surface area contributed by atoms with Crippen LogP contribution in [0.25, 0.3) is 0 Å². The summed E-state index contributed by atoms with van der Waals surface area (Å²) in [7, 11) is -2.01. The lowest BCUT2D eigenvalue weighted by atomic mass is 9.93. The quantitative estimate of drug-likeness (QED) is 0.176. The minimum atomic E-state index is -2.01. The molecule has 0 spiro atoms. The SMILES string of the molecule is CSC1C(C(C)O[Si](C)(C)C(C)(C)C)C(=O)N1CC(=O)OCc1ccc([N+](=O)[O-])cc1. The van der Waals surface area contributed by atoms with E-state index in [-0.39, 0.29) is 47.2 Å². The summed E-state index contributed by atoms with van der Waals surface area (Å²) in [6.45, 7) is 12.6. The predicted octanol–water partition coefficient (Wildman–Crippen LogP) is 4.20. The minimum Gasteiger partial charge on any atom is -0.459 e. The molecular formula is C21H32N2O6SSi. The Labute approximate surface area is 188 Å². The molecule has 31 heavy (non-hydrogen) atoms. The maximum absolute atomic E-state index is 12.8. The van der Waals surface area contributed by atoms with Crippen LogP contribution in [0.2, 0.25) is 18.1 Å². The second-order valence-corrected chi connectivity index (χ2v) is 15.0. The highest BCUT2D eigenvalue weighted by molar-refractivity contribution is 7.99. The van der Waals surface area contributed by atoms with Gasteiger partial charge in [-0.25, -0.2) is 0 Å². The number of carbonyl (C=O) groups excluding carboxylic acids is 2. The number of esters is 1. The Balaban J connectivity index is 1.91. The summed E-state index contributed by atoms with van der Waals surface area (Å²) in [5.74, 6) is -0.897. The summed E-state index contributed by atoms with van der Waals surface area (Å²) in [6, 6.07) is 5.81. The number of nitrogens with zero attached hydrogens (tertiary/aromatic N) is 2. The van der Waals surface area contributed by atoms with Crippen LogP contribution >= 0.6 is 11.8 Å². The number of rotatable bonds is 9. The summed E-state index contributed by atoms with van der Waals surface area (Å²) in [5, 5.41) is 10.6. The van der Waals surface area contributed by atoms with E-state index in [0.29, 0.717) is 5.56 Å². The molecule has 172 valence electrons. The van der Waals surface area contributed by atoms with Gasteiger partial charge in [0.15, 0.2) is 8.32 Å². The molecule has 0 bridgehead atoms. The van der Waals surface area contributed by atoms with Crippen molar-refractivity contribution in [3.8, 4) is 0 Å². The Morgan fingerprint density at radius 1 is 1.29 bits per heavy atom. The molecule has 2 rings (SSSR count). The third-order valence-corrected chi connectivity index (χ3v) is 11.7. The van der Waals surface area contributed by atoms with Crippen LogP contribution in [0.3, 0.4) is 0 Å². The lowest BCUT2D eigenvalue weighted by Crippen LogP contribution is -2.65. The fraction of sp³-hybridized carbons (Fsp3) is 0.619. The maximum atomic E-state index is 12.8. The van der Waals surface area contributed by atoms with Crippen LogP contribution in [0.4, 0.5) is 5.69 Å². The Bertz CT molecular complexity index is 824. The number of amides is 1. The van der Waals surface area contributed by atoms with E-state index in [0.717, 1.165) is 0 Å². The molecular weight excluding hydrogens is 436 g/mol. The van der Waals surface area contributed by atoms with Crippen molar-refractivity contribution in [2.75, 3.05) is 12.8 Å². The number of nitro groups is 1. The maximum Gasteiger partial charge on any atom is 0.326 e. The number of hydrogen-bond donors (Lipinski definition) is 0. The lowest BCUT2D eigenvalue weighted by molar-refractivity contribution is -0.384. The minimum absolute atomic E-state index is 0.00287. The highest BCUT2D eigenvalue weighted by Crippen LogP contribution is 2.42. The fourth-order valence-corrected chi connectivity index (χ4v) is 5.70. The Morgan fingerprint density at radius 2 is 1.87 bits per heavy atom. The first-order valence-corrected chi connectivity index (χ1v) is 14.4. The number of thioether (sulfide) groups is 1. The zero-order valence-corrected chi connectivity index (χ0v) is 21.0. The van der Waals surface area contributed by atoms with Gasteiger partial charge >= 0.3 is 5.97 Å². The number of benzene rings is 1. The molecule has 1 fully saturated rings. The molecule has 1 amide bonds. The van der Waals surface area contributed by atoms with E-state index in [4.69, 9.17) is 9.16 Å². The molecule has 1 aromatic carbocycles. The van der Waals surface area contributed by atoms with Gasteiger partial charge in [-0.05, 0) is 49.0 Å². The van der Waals surface area contributed by atoms with Crippen molar-refractivity contribution < 1.29 is 23.7 Å². The van der Waals surface area contributed by atoms with Crippen LogP contribution in [-0.2, 0) is 25.4 Å². The second-order valence-electron chi connectivity index (χ2n) is 9.29. The fourth-order valence-electron chi connectivity index (χ4n) is 3.20. The van der Waals surface area contributed by atoms with Gasteiger partial charge in [-0.15, -0.1) is 11.8 Å². The van der Waals surface area contributed by atoms with Crippen LogP contribution in [0, 0.1) is 16.0 Å². The molecule has 0 saturated carbocycles. The van der Waals surface area contributed by atoms with Gasteiger partial charge in [-0.3, -0.25) is 19.7 Å². The molecule has 3 unspecified atom stereocenters. The zero-order valence-electron chi connectivity index (χ0n) is 19.2. The van der Waals surface area contributed by atoms with Gasteiger partial charge in [0.2, 0.25) is 5.91 Å². The first-order valence-electron chi connectivity index (χ1n) is 10.2. The summed E-state index contributed by atoms with van der Waals surface area (Å²) in [6.07, 6.45) is 1.69. The summed E-state index contributed by atoms with van der Waals surface area (Å²) >= 11 is 1.52. The standard InChI is InChI=1S/C21H32N2O6SSi/c1-14(29-31(6,7)21(2,3)4)18-19(25)22(20(18)30-5)12-17(24)28-13-15-8-10-16(11-9-15)23(26)27/h8-11,14,18,20H,12-13H2,1-7H3. The lowest BCUT2D eigenvalue weighted by Gasteiger charge is -2.50. The monoisotopic (exact) mass is 468 g/mol. The van der Waals surface area contributed by atoms with Crippen LogP contribution in [-0.4, -0.2) is 54.3 Å².